The molecule has 2 nitrogen and oxygen atoms in total. The monoisotopic (exact) mass is 371 g/mol. The third-order valence-electron chi connectivity index (χ3n) is 1.07. The van der Waals surface area contributed by atoms with E-state index in [2.05, 4.69) is 50.2 Å². The van der Waals surface area contributed by atoms with Crippen molar-refractivity contribution >= 4 is 56.9 Å². The highest BCUT2D eigenvalue weighted by atomic mass is 127. The highest BCUT2D eigenvalue weighted by Gasteiger charge is 1.96. The van der Waals surface area contributed by atoms with Crippen molar-refractivity contribution in [1.82, 2.24) is 0 Å². The molecule has 56 valence electrons. The molecule has 0 radical (unpaired) electrons. The summed E-state index contributed by atoms with van der Waals surface area (Å²) in [6.45, 7) is 0. The highest BCUT2D eigenvalue weighted by molar-refractivity contribution is 14.1. The third-order valence-corrected chi connectivity index (χ3v) is 2.66. The Kier molecular flexibility index (Phi) is 3.47. The number of benzene rings is 1. The van der Waals surface area contributed by atoms with Crippen LogP contribution in [0.4, 0.5) is 5.69 Å². The van der Waals surface area contributed by atoms with Crippen LogP contribution in [-0.4, -0.2) is 6.08 Å². The van der Waals surface area contributed by atoms with Gasteiger partial charge < -0.3 is 0 Å². The Morgan fingerprint density at radius 3 is 2.73 bits per heavy atom. The summed E-state index contributed by atoms with van der Waals surface area (Å²) in [5.74, 6) is 0. The van der Waals surface area contributed by atoms with Crippen LogP contribution < -0.4 is 0 Å². The van der Waals surface area contributed by atoms with Crippen LogP contribution in [0.2, 0.25) is 0 Å². The normalized spacial score (nSPS) is 8.91. The van der Waals surface area contributed by atoms with E-state index in [4.69, 9.17) is 0 Å². The van der Waals surface area contributed by atoms with Gasteiger partial charge in [0.1, 0.15) is 0 Å². The first kappa shape index (κ1) is 9.15. The molecular formula is C7H3I2NO. The quantitative estimate of drug-likeness (QED) is 0.424. The first-order chi connectivity index (χ1) is 5.24. The van der Waals surface area contributed by atoms with Gasteiger partial charge in [0.15, 0.2) is 0 Å². The van der Waals surface area contributed by atoms with Crippen LogP contribution in [0.1, 0.15) is 0 Å². The number of hydrogen-bond acceptors (Lipinski definition) is 2. The van der Waals surface area contributed by atoms with Crippen molar-refractivity contribution in [3.05, 3.63) is 25.3 Å². The van der Waals surface area contributed by atoms with E-state index in [1.54, 1.807) is 0 Å². The molecule has 0 aromatic heterocycles. The van der Waals surface area contributed by atoms with Crippen molar-refractivity contribution in [2.45, 2.75) is 0 Å². The van der Waals surface area contributed by atoms with Crippen LogP contribution in [0, 0.1) is 7.14 Å². The zero-order valence-corrected chi connectivity index (χ0v) is 9.66. The molecule has 0 saturated carbocycles. The van der Waals surface area contributed by atoms with Crippen molar-refractivity contribution in [1.29, 1.82) is 0 Å². The second-order valence-electron chi connectivity index (χ2n) is 1.80. The minimum absolute atomic E-state index is 0.688. The maximum Gasteiger partial charge on any atom is 0.240 e. The zero-order chi connectivity index (χ0) is 8.27. The molecule has 1 aromatic rings. The van der Waals surface area contributed by atoms with E-state index in [-0.39, 0.29) is 0 Å². The summed E-state index contributed by atoms with van der Waals surface area (Å²) < 4.78 is 2.03. The average molecular weight is 371 g/mol. The molecule has 0 aliphatic rings. The number of halogens is 2. The van der Waals surface area contributed by atoms with Crippen LogP contribution >= 0.6 is 45.2 Å². The Balaban J connectivity index is 3.22. The SMILES string of the molecule is O=C=Nc1cc(I)ccc1I. The van der Waals surface area contributed by atoms with Gasteiger partial charge in [-0.2, -0.15) is 4.99 Å². The van der Waals surface area contributed by atoms with Gasteiger partial charge in [-0.3, -0.25) is 0 Å². The van der Waals surface area contributed by atoms with E-state index < -0.39 is 0 Å². The van der Waals surface area contributed by atoms with Gasteiger partial charge >= 0.3 is 0 Å². The molecule has 4 heteroatoms. The Bertz CT molecular complexity index is 318. The predicted molar refractivity (Wildman–Crippen MR) is 59.7 cm³/mol. The Morgan fingerprint density at radius 1 is 1.36 bits per heavy atom. The van der Waals surface area contributed by atoms with E-state index in [0.29, 0.717) is 5.69 Å². The van der Waals surface area contributed by atoms with E-state index in [1.165, 1.54) is 6.08 Å². The van der Waals surface area contributed by atoms with Gasteiger partial charge in [-0.25, -0.2) is 4.79 Å². The van der Waals surface area contributed by atoms with Crippen LogP contribution in [0.15, 0.2) is 23.2 Å². The first-order valence-corrected chi connectivity index (χ1v) is 4.92. The van der Waals surface area contributed by atoms with Gasteiger partial charge in [0, 0.05) is 7.14 Å². The summed E-state index contributed by atoms with van der Waals surface area (Å²) in [5.41, 5.74) is 0.688. The molecule has 0 bridgehead atoms. The lowest BCUT2D eigenvalue weighted by molar-refractivity contribution is 0.565. The van der Waals surface area contributed by atoms with Gasteiger partial charge in [0.25, 0.3) is 0 Å². The standard InChI is InChI=1S/C7H3I2NO/c8-5-1-2-6(9)7(3-5)10-4-11/h1-3H. The van der Waals surface area contributed by atoms with Gasteiger partial charge in [-0.15, -0.1) is 0 Å². The maximum atomic E-state index is 9.94. The maximum absolute atomic E-state index is 9.94. The molecule has 0 aliphatic carbocycles. The predicted octanol–water partition coefficient (Wildman–Crippen LogP) is 2.86. The molecule has 0 unspecified atom stereocenters. The third kappa shape index (κ3) is 2.53. The van der Waals surface area contributed by atoms with E-state index >= 15 is 0 Å². The Labute approximate surface area is 91.4 Å². The molecule has 0 N–H and O–H groups in total. The molecule has 0 aliphatic heterocycles. The van der Waals surface area contributed by atoms with Crippen molar-refractivity contribution < 1.29 is 4.79 Å². The van der Waals surface area contributed by atoms with Crippen molar-refractivity contribution in [3.63, 3.8) is 0 Å². The van der Waals surface area contributed by atoms with Crippen LogP contribution in [0.3, 0.4) is 0 Å². The van der Waals surface area contributed by atoms with Crippen LogP contribution in [0.5, 0.6) is 0 Å². The van der Waals surface area contributed by atoms with Gasteiger partial charge in [-0.1, -0.05) is 0 Å². The molecule has 0 atom stereocenters. The molecule has 0 spiro atoms. The minimum Gasteiger partial charge on any atom is -0.211 e. The molecule has 0 heterocycles. The molecular weight excluding hydrogens is 368 g/mol. The Morgan fingerprint density at radius 2 is 2.09 bits per heavy atom. The number of hydrogen-bond donors (Lipinski definition) is 0. The number of isocyanates is 1. The lowest BCUT2D eigenvalue weighted by Crippen LogP contribution is -1.74. The van der Waals surface area contributed by atoms with Crippen LogP contribution in [-0.2, 0) is 4.79 Å². The molecule has 1 aromatic carbocycles. The molecule has 1 rings (SSSR count). The van der Waals surface area contributed by atoms with E-state index in [9.17, 15) is 4.79 Å². The van der Waals surface area contributed by atoms with E-state index in [1.807, 2.05) is 18.2 Å². The first-order valence-electron chi connectivity index (χ1n) is 2.77. The second-order valence-corrected chi connectivity index (χ2v) is 4.21. The number of aliphatic imine (C=N–C) groups is 1. The van der Waals surface area contributed by atoms with E-state index in [0.717, 1.165) is 7.14 Å². The molecule has 0 fully saturated rings. The van der Waals surface area contributed by atoms with Crippen LogP contribution in [0.25, 0.3) is 0 Å². The van der Waals surface area contributed by atoms with Crippen molar-refractivity contribution in [2.24, 2.45) is 4.99 Å². The Hall–Kier alpha value is 0.0600. The summed E-state index contributed by atoms with van der Waals surface area (Å²) >= 11 is 4.29. The molecule has 0 amide bonds. The van der Waals surface area contributed by atoms with Gasteiger partial charge in [0.05, 0.1) is 5.69 Å². The number of nitrogens with zero attached hydrogens (tertiary/aromatic N) is 1. The summed E-state index contributed by atoms with van der Waals surface area (Å²) in [7, 11) is 0. The largest absolute Gasteiger partial charge is 0.240 e. The van der Waals surface area contributed by atoms with Crippen molar-refractivity contribution in [2.75, 3.05) is 0 Å². The summed E-state index contributed by atoms with van der Waals surface area (Å²) in [5, 5.41) is 0. The van der Waals surface area contributed by atoms with Gasteiger partial charge in [0.2, 0.25) is 6.08 Å². The fourth-order valence-corrected chi connectivity index (χ4v) is 1.55. The topological polar surface area (TPSA) is 29.4 Å². The minimum atomic E-state index is 0.688. The average Bonchev–Trinajstić information content (AvgIpc) is 1.98. The highest BCUT2D eigenvalue weighted by Crippen LogP contribution is 2.22. The van der Waals surface area contributed by atoms with Crippen molar-refractivity contribution in [3.8, 4) is 0 Å². The second kappa shape index (κ2) is 4.18. The smallest absolute Gasteiger partial charge is 0.211 e. The lowest BCUT2D eigenvalue weighted by atomic mass is 10.3. The van der Waals surface area contributed by atoms with Gasteiger partial charge in [-0.05, 0) is 63.4 Å². The lowest BCUT2D eigenvalue weighted by Gasteiger charge is -1.95. The fraction of sp³-hybridized carbons (Fsp3) is 0. The number of carbonyl (C=O) groups excluding carboxylic acids is 1. The zero-order valence-electron chi connectivity index (χ0n) is 5.34. The number of rotatable bonds is 1. The summed E-state index contributed by atoms with van der Waals surface area (Å²) in [6.07, 6.45) is 1.52. The summed E-state index contributed by atoms with van der Waals surface area (Å²) in [4.78, 5) is 13.5. The summed E-state index contributed by atoms with van der Waals surface area (Å²) in [6, 6.07) is 5.72. The molecule has 0 saturated heterocycles. The molecule has 11 heavy (non-hydrogen) atoms. The fourth-order valence-electron chi connectivity index (χ4n) is 0.621.